The maximum atomic E-state index is 13.3. The van der Waals surface area contributed by atoms with Gasteiger partial charge in [-0.3, -0.25) is 14.3 Å². The van der Waals surface area contributed by atoms with Gasteiger partial charge in [0.1, 0.15) is 5.69 Å². The Morgan fingerprint density at radius 2 is 1.53 bits per heavy atom. The van der Waals surface area contributed by atoms with Gasteiger partial charge in [-0.25, -0.2) is 0 Å². The van der Waals surface area contributed by atoms with Crippen LogP contribution >= 0.6 is 0 Å². The molecule has 0 atom stereocenters. The zero-order chi connectivity index (χ0) is 26.8. The van der Waals surface area contributed by atoms with Gasteiger partial charge in [0.15, 0.2) is 5.69 Å². The van der Waals surface area contributed by atoms with Gasteiger partial charge in [-0.1, -0.05) is 24.3 Å². The number of nitrogens with zero attached hydrogens (tertiary/aromatic N) is 2. The van der Waals surface area contributed by atoms with Gasteiger partial charge >= 0.3 is 12.4 Å². The summed E-state index contributed by atoms with van der Waals surface area (Å²) in [7, 11) is 0. The molecule has 12 heteroatoms. The molecule has 0 unspecified atom stereocenters. The number of anilines is 1. The Morgan fingerprint density at radius 3 is 2.06 bits per heavy atom. The molecule has 0 spiro atoms. The number of rotatable bonds is 6. The Balaban J connectivity index is 1.84. The van der Waals surface area contributed by atoms with Crippen molar-refractivity contribution in [3.05, 3.63) is 82.2 Å². The molecule has 0 bridgehead atoms. The minimum atomic E-state index is -5.03. The lowest BCUT2D eigenvalue weighted by Crippen LogP contribution is -2.31. The number of aromatic nitrogens is 2. The minimum Gasteiger partial charge on any atom is -0.350 e. The quantitative estimate of drug-likeness (QED) is 0.418. The average molecular weight is 512 g/mol. The lowest BCUT2D eigenvalue weighted by Gasteiger charge is -2.14. The second-order valence-electron chi connectivity index (χ2n) is 8.35. The fourth-order valence-electron chi connectivity index (χ4n) is 3.45. The Morgan fingerprint density at radius 1 is 0.917 bits per heavy atom. The number of hydrogen-bond donors (Lipinski definition) is 2. The van der Waals surface area contributed by atoms with Crippen LogP contribution in [0.2, 0.25) is 0 Å². The van der Waals surface area contributed by atoms with Gasteiger partial charge in [0.2, 0.25) is 0 Å². The van der Waals surface area contributed by atoms with Gasteiger partial charge in [0, 0.05) is 17.8 Å². The molecule has 0 saturated heterocycles. The largest absolute Gasteiger partial charge is 0.435 e. The molecule has 2 N–H and O–H groups in total. The molecule has 192 valence electrons. The SMILES string of the molecule is Cc1cc(Cn2nc(C(F)(F)F)cc2C(F)(F)F)ccc1NC(=O)c1ccccc1C(=O)NC(C)C. The van der Waals surface area contributed by atoms with Gasteiger partial charge in [0.25, 0.3) is 11.8 Å². The topological polar surface area (TPSA) is 76.0 Å². The van der Waals surface area contributed by atoms with Gasteiger partial charge in [0.05, 0.1) is 17.7 Å². The first-order valence-electron chi connectivity index (χ1n) is 10.7. The molecule has 0 aliphatic rings. The highest BCUT2D eigenvalue weighted by Gasteiger charge is 2.41. The zero-order valence-electron chi connectivity index (χ0n) is 19.4. The van der Waals surface area contributed by atoms with Crippen molar-refractivity contribution in [1.29, 1.82) is 0 Å². The number of aryl methyl sites for hydroxylation is 1. The summed E-state index contributed by atoms with van der Waals surface area (Å²) in [5.74, 6) is -1.01. The second kappa shape index (κ2) is 10.0. The van der Waals surface area contributed by atoms with Crippen LogP contribution in [0.4, 0.5) is 32.0 Å². The van der Waals surface area contributed by atoms with E-state index in [4.69, 9.17) is 0 Å². The van der Waals surface area contributed by atoms with Crippen LogP contribution in [0.15, 0.2) is 48.5 Å². The molecule has 2 amide bonds. The third kappa shape index (κ3) is 6.23. The van der Waals surface area contributed by atoms with Gasteiger partial charge in [-0.15, -0.1) is 0 Å². The van der Waals surface area contributed by atoms with E-state index < -0.39 is 42.1 Å². The first kappa shape index (κ1) is 26.8. The molecule has 0 radical (unpaired) electrons. The summed E-state index contributed by atoms with van der Waals surface area (Å²) in [6.45, 7) is 4.55. The van der Waals surface area contributed by atoms with E-state index in [2.05, 4.69) is 15.7 Å². The number of nitrogens with one attached hydrogen (secondary N) is 2. The molecular formula is C24H22F6N4O2. The van der Waals surface area contributed by atoms with Crippen LogP contribution in [0.1, 0.15) is 57.1 Å². The number of amides is 2. The van der Waals surface area contributed by atoms with Gasteiger partial charge < -0.3 is 10.6 Å². The van der Waals surface area contributed by atoms with Crippen LogP contribution in [-0.4, -0.2) is 27.6 Å². The van der Waals surface area contributed by atoms with Crippen molar-refractivity contribution in [2.75, 3.05) is 5.32 Å². The highest BCUT2D eigenvalue weighted by Crippen LogP contribution is 2.35. The first-order chi connectivity index (χ1) is 16.7. The van der Waals surface area contributed by atoms with Crippen molar-refractivity contribution in [2.24, 2.45) is 0 Å². The van der Waals surface area contributed by atoms with Crippen molar-refractivity contribution in [3.8, 4) is 0 Å². The molecule has 6 nitrogen and oxygen atoms in total. The number of alkyl halides is 6. The smallest absolute Gasteiger partial charge is 0.350 e. The normalized spacial score (nSPS) is 12.1. The summed E-state index contributed by atoms with van der Waals surface area (Å²) in [4.78, 5) is 25.3. The number of carbonyl (C=O) groups excluding carboxylic acids is 2. The van der Waals surface area contributed by atoms with E-state index >= 15 is 0 Å². The minimum absolute atomic E-state index is 0.0334. The summed E-state index contributed by atoms with van der Waals surface area (Å²) in [6, 6.07) is 10.2. The fraction of sp³-hybridized carbons (Fsp3) is 0.292. The van der Waals surface area contributed by atoms with Crippen molar-refractivity contribution in [2.45, 2.75) is 45.7 Å². The average Bonchev–Trinajstić information content (AvgIpc) is 3.20. The van der Waals surface area contributed by atoms with E-state index in [9.17, 15) is 35.9 Å². The lowest BCUT2D eigenvalue weighted by atomic mass is 10.0. The summed E-state index contributed by atoms with van der Waals surface area (Å²) >= 11 is 0. The maximum absolute atomic E-state index is 13.3. The van der Waals surface area contributed by atoms with Gasteiger partial charge in [-0.2, -0.15) is 31.4 Å². The Labute approximate surface area is 202 Å². The van der Waals surface area contributed by atoms with E-state index in [1.54, 1.807) is 32.9 Å². The van der Waals surface area contributed by atoms with Crippen molar-refractivity contribution < 1.29 is 35.9 Å². The number of hydrogen-bond acceptors (Lipinski definition) is 3. The van der Waals surface area contributed by atoms with Crippen LogP contribution in [0.25, 0.3) is 0 Å². The predicted octanol–water partition coefficient (Wildman–Crippen LogP) is 5.67. The highest BCUT2D eigenvalue weighted by atomic mass is 19.4. The number of benzene rings is 2. The molecule has 3 rings (SSSR count). The van der Waals surface area contributed by atoms with Crippen LogP contribution < -0.4 is 10.6 Å². The van der Waals surface area contributed by atoms with Gasteiger partial charge in [-0.05, 0) is 50.1 Å². The summed E-state index contributed by atoms with van der Waals surface area (Å²) in [5, 5.41) is 8.46. The summed E-state index contributed by atoms with van der Waals surface area (Å²) in [5.41, 5.74) is -1.89. The molecule has 0 aliphatic heterocycles. The van der Waals surface area contributed by atoms with Crippen LogP contribution in [0, 0.1) is 6.92 Å². The Bertz CT molecular complexity index is 1280. The molecule has 3 aromatic rings. The number of halogens is 6. The van der Waals surface area contributed by atoms with E-state index in [0.29, 0.717) is 11.3 Å². The standard InChI is InChI=1S/C24H22F6N4O2/c1-13(2)31-21(35)16-6-4-5-7-17(16)22(36)32-18-9-8-15(10-14(18)3)12-34-20(24(28,29)30)11-19(33-34)23(25,26)27/h4-11,13H,12H2,1-3H3,(H,31,35)(H,32,36). The molecule has 36 heavy (non-hydrogen) atoms. The monoisotopic (exact) mass is 512 g/mol. The molecule has 0 saturated carbocycles. The molecular weight excluding hydrogens is 490 g/mol. The Kier molecular flexibility index (Phi) is 7.46. The molecule has 0 fully saturated rings. The van der Waals surface area contributed by atoms with E-state index in [1.165, 1.54) is 30.3 Å². The lowest BCUT2D eigenvalue weighted by molar-refractivity contribution is -0.144. The molecule has 1 aromatic heterocycles. The van der Waals surface area contributed by atoms with E-state index in [1.807, 2.05) is 0 Å². The summed E-state index contributed by atoms with van der Waals surface area (Å²) < 4.78 is 78.8. The zero-order valence-corrected chi connectivity index (χ0v) is 19.4. The number of carbonyl (C=O) groups is 2. The van der Waals surface area contributed by atoms with Crippen LogP contribution in [0.5, 0.6) is 0 Å². The van der Waals surface area contributed by atoms with Crippen molar-refractivity contribution >= 4 is 17.5 Å². The Hall–Kier alpha value is -3.83. The fourth-order valence-corrected chi connectivity index (χ4v) is 3.45. The van der Waals surface area contributed by atoms with Crippen molar-refractivity contribution in [3.63, 3.8) is 0 Å². The second-order valence-corrected chi connectivity index (χ2v) is 8.35. The molecule has 1 heterocycles. The van der Waals surface area contributed by atoms with Crippen molar-refractivity contribution in [1.82, 2.24) is 15.1 Å². The third-order valence-corrected chi connectivity index (χ3v) is 5.07. The summed E-state index contributed by atoms with van der Waals surface area (Å²) in [6.07, 6.45) is -10.1. The van der Waals surface area contributed by atoms with Crippen LogP contribution in [0.3, 0.4) is 0 Å². The predicted molar refractivity (Wildman–Crippen MR) is 120 cm³/mol. The van der Waals surface area contributed by atoms with E-state index in [-0.39, 0.29) is 33.5 Å². The van der Waals surface area contributed by atoms with Crippen LogP contribution in [-0.2, 0) is 18.9 Å². The van der Waals surface area contributed by atoms with E-state index in [0.717, 1.165) is 0 Å². The molecule has 0 aliphatic carbocycles. The highest BCUT2D eigenvalue weighted by molar-refractivity contribution is 6.12. The maximum Gasteiger partial charge on any atom is 0.435 e. The first-order valence-corrected chi connectivity index (χ1v) is 10.7. The molecule has 2 aromatic carbocycles. The third-order valence-electron chi connectivity index (χ3n) is 5.07.